The topological polar surface area (TPSA) is 9.23 Å². The van der Waals surface area contributed by atoms with Crippen LogP contribution in [0.1, 0.15) is 26.2 Å². The molecule has 1 aliphatic carbocycles. The van der Waals surface area contributed by atoms with E-state index in [0.29, 0.717) is 0 Å². The van der Waals surface area contributed by atoms with Crippen LogP contribution in [0, 0.1) is 28.4 Å². The summed E-state index contributed by atoms with van der Waals surface area (Å²) >= 11 is 0. The van der Waals surface area contributed by atoms with Crippen LogP contribution >= 0.6 is 0 Å². The Morgan fingerprint density at radius 3 is 2.33 bits per heavy atom. The fourth-order valence-electron chi connectivity index (χ4n) is 1.79. The molecule has 0 aliphatic heterocycles. The van der Waals surface area contributed by atoms with E-state index < -0.39 is 8.32 Å². The molecular weight excluding hydrogens is 419 g/mol. The van der Waals surface area contributed by atoms with E-state index in [1.807, 2.05) is 0 Å². The molecule has 0 radical (unpaired) electrons. The molecule has 0 heterocycles. The van der Waals surface area contributed by atoms with Crippen molar-refractivity contribution in [1.29, 1.82) is 0 Å². The molecule has 1 rings (SSSR count). The average Bonchev–Trinajstić information content (AvgIpc) is 2.56. The van der Waals surface area contributed by atoms with Crippen LogP contribution in [0.4, 0.5) is 0 Å². The second-order valence-corrected chi connectivity index (χ2v) is 8.66. The molecule has 3 heteroatoms. The van der Waals surface area contributed by atoms with Gasteiger partial charge in [-0.25, -0.2) is 11.6 Å². The fraction of sp³-hybridized carbons (Fsp3) is 0.533. The number of hydrogen-bond acceptors (Lipinski definition) is 1. The maximum atomic E-state index is 5.79. The van der Waals surface area contributed by atoms with Gasteiger partial charge in [0, 0.05) is 6.61 Å². The van der Waals surface area contributed by atoms with Crippen molar-refractivity contribution in [1.82, 2.24) is 0 Å². The zero-order valence-corrected chi connectivity index (χ0v) is 16.2. The third-order valence-corrected chi connectivity index (χ3v) is 5.15. The van der Waals surface area contributed by atoms with E-state index in [9.17, 15) is 0 Å². The van der Waals surface area contributed by atoms with E-state index in [1.54, 1.807) is 0 Å². The first-order chi connectivity index (χ1) is 6.64. The van der Waals surface area contributed by atoms with E-state index in [0.717, 1.165) is 13.0 Å². The quantitative estimate of drug-likeness (QED) is 0.408. The minimum Gasteiger partial charge on any atom is -0.418 e. The fourth-order valence-corrected chi connectivity index (χ4v) is 3.74. The van der Waals surface area contributed by atoms with Gasteiger partial charge in [0.25, 0.3) is 0 Å². The maximum absolute atomic E-state index is 5.79. The van der Waals surface area contributed by atoms with Gasteiger partial charge in [-0.15, -0.1) is 6.42 Å². The normalized spacial score (nSPS) is 12.5. The molecule has 18 heavy (non-hydrogen) atoms. The van der Waals surface area contributed by atoms with Crippen molar-refractivity contribution in [2.24, 2.45) is 0 Å². The van der Waals surface area contributed by atoms with Crippen LogP contribution < -0.4 is 0 Å². The van der Waals surface area contributed by atoms with Crippen molar-refractivity contribution in [3.8, 4) is 0 Å². The number of hydrogen-bond donors (Lipinski definition) is 0. The van der Waals surface area contributed by atoms with Crippen LogP contribution in [0.25, 0.3) is 0 Å². The van der Waals surface area contributed by atoms with Gasteiger partial charge in [-0.1, -0.05) is 12.8 Å². The van der Waals surface area contributed by atoms with E-state index in [2.05, 4.69) is 38.2 Å². The summed E-state index contributed by atoms with van der Waals surface area (Å²) in [5.74, 6) is 0. The molecule has 0 saturated carbocycles. The van der Waals surface area contributed by atoms with Crippen molar-refractivity contribution in [2.75, 3.05) is 6.61 Å². The van der Waals surface area contributed by atoms with Gasteiger partial charge in [-0.05, 0) is 26.1 Å². The summed E-state index contributed by atoms with van der Waals surface area (Å²) in [6, 6.07) is 1.26. The molecule has 0 aromatic rings. The first-order valence-electron chi connectivity index (χ1n) is 5.54. The van der Waals surface area contributed by atoms with Crippen LogP contribution in [0.2, 0.25) is 19.1 Å². The summed E-state index contributed by atoms with van der Waals surface area (Å²) < 4.78 is 5.79. The number of rotatable bonds is 6. The van der Waals surface area contributed by atoms with E-state index in [-0.39, 0.29) is 43.3 Å². The van der Waals surface area contributed by atoms with Gasteiger partial charge in [0.05, 0.1) is 0 Å². The molecule has 0 atom stereocenters. The predicted molar refractivity (Wildman–Crippen MR) is 82.9 cm³/mol. The van der Waals surface area contributed by atoms with Crippen molar-refractivity contribution in [2.45, 2.75) is 45.3 Å². The second-order valence-electron chi connectivity index (χ2n) is 4.35. The molecular formula is C15H30OPtSi. The summed E-state index contributed by atoms with van der Waals surface area (Å²) in [6.45, 7) is 7.57. The molecule has 0 unspecified atom stereocenters. The van der Waals surface area contributed by atoms with E-state index in [4.69, 9.17) is 4.43 Å². The van der Waals surface area contributed by atoms with Gasteiger partial charge in [-0.3, -0.25) is 6.08 Å². The molecule has 1 aliphatic rings. The SMILES string of the molecule is CCO[Si](C)(C)CCCC1=[C-]CC=C1.[CH3-].[CH3-].[CH3-].[Pt+4]. The van der Waals surface area contributed by atoms with Crippen molar-refractivity contribution in [3.63, 3.8) is 0 Å². The minimum atomic E-state index is -1.34. The second kappa shape index (κ2) is 13.8. The van der Waals surface area contributed by atoms with Gasteiger partial charge in [0.1, 0.15) is 0 Å². The Hall–Kier alpha value is 0.345. The van der Waals surface area contributed by atoms with Gasteiger partial charge in [-0.2, -0.15) is 6.08 Å². The molecule has 0 amide bonds. The average molecular weight is 450 g/mol. The van der Waals surface area contributed by atoms with Crippen molar-refractivity contribution < 1.29 is 25.5 Å². The zero-order valence-electron chi connectivity index (χ0n) is 12.9. The maximum Gasteiger partial charge on any atom is 4.00 e. The Bertz CT molecular complexity index is 235. The van der Waals surface area contributed by atoms with Crippen LogP contribution in [0.5, 0.6) is 0 Å². The summed E-state index contributed by atoms with van der Waals surface area (Å²) in [7, 11) is -1.34. The Labute approximate surface area is 131 Å². The van der Waals surface area contributed by atoms with Gasteiger partial charge in [0.2, 0.25) is 0 Å². The molecule has 0 fully saturated rings. The molecule has 1 nitrogen and oxygen atoms in total. The zero-order chi connectivity index (χ0) is 10.4. The Morgan fingerprint density at radius 1 is 1.28 bits per heavy atom. The minimum absolute atomic E-state index is 0. The van der Waals surface area contributed by atoms with Gasteiger partial charge >= 0.3 is 21.1 Å². The van der Waals surface area contributed by atoms with Crippen molar-refractivity contribution >= 4 is 8.32 Å². The van der Waals surface area contributed by atoms with Gasteiger partial charge in [0.15, 0.2) is 8.32 Å². The Balaban J connectivity index is -0.000000245. The van der Waals surface area contributed by atoms with Crippen molar-refractivity contribution in [3.05, 3.63) is 46.1 Å². The molecule has 0 saturated heterocycles. The first-order valence-corrected chi connectivity index (χ1v) is 8.66. The molecule has 110 valence electrons. The smallest absolute Gasteiger partial charge is 0.418 e. The molecule has 0 bridgehead atoms. The monoisotopic (exact) mass is 449 g/mol. The first kappa shape index (κ1) is 26.8. The largest absolute Gasteiger partial charge is 4.00 e. The molecule has 0 aromatic heterocycles. The summed E-state index contributed by atoms with van der Waals surface area (Å²) in [6.07, 6.45) is 11.2. The summed E-state index contributed by atoms with van der Waals surface area (Å²) in [5.41, 5.74) is 1.39. The van der Waals surface area contributed by atoms with Gasteiger partial charge < -0.3 is 26.7 Å². The van der Waals surface area contributed by atoms with Crippen LogP contribution in [0.15, 0.2) is 17.7 Å². The Morgan fingerprint density at radius 2 is 1.89 bits per heavy atom. The summed E-state index contributed by atoms with van der Waals surface area (Å²) in [5, 5.41) is 0. The molecule has 0 N–H and O–H groups in total. The third-order valence-electron chi connectivity index (χ3n) is 2.53. The van der Waals surface area contributed by atoms with Crippen LogP contribution in [-0.2, 0) is 25.5 Å². The third kappa shape index (κ3) is 11.4. The molecule has 0 spiro atoms. The standard InChI is InChI=1S/C12H21OSi.3CH3.Pt/c1-4-13-14(2,3)11-7-10-12-8-5-6-9-12;;;;/h5,8H,4,6-7,10-11H2,1-3H3;3*1H3;/q4*-1;+4. The summed E-state index contributed by atoms with van der Waals surface area (Å²) in [4.78, 5) is 0. The van der Waals surface area contributed by atoms with E-state index in [1.165, 1.54) is 24.5 Å². The predicted octanol–water partition coefficient (Wildman–Crippen LogP) is 5.05. The van der Waals surface area contributed by atoms with E-state index >= 15 is 0 Å². The number of allylic oxidation sites excluding steroid dienone is 4. The Kier molecular flexibility index (Phi) is 20.5. The molecule has 0 aromatic carbocycles. The van der Waals surface area contributed by atoms with Crippen LogP contribution in [0.3, 0.4) is 0 Å². The van der Waals surface area contributed by atoms with Crippen LogP contribution in [-0.4, -0.2) is 14.9 Å².